The second-order valence-corrected chi connectivity index (χ2v) is 9.67. The molecule has 1 atom stereocenters. The van der Waals surface area contributed by atoms with Gasteiger partial charge >= 0.3 is 0 Å². The van der Waals surface area contributed by atoms with Crippen molar-refractivity contribution in [2.24, 2.45) is 12.5 Å². The molecule has 1 amide bonds. The second kappa shape index (κ2) is 8.05. The molecule has 164 valence electrons. The van der Waals surface area contributed by atoms with Gasteiger partial charge in [-0.15, -0.1) is 0 Å². The van der Waals surface area contributed by atoms with Crippen LogP contribution >= 0.6 is 0 Å². The molecule has 2 aromatic rings. The number of carbonyl (C=O) groups is 1. The molecule has 0 bridgehead atoms. The van der Waals surface area contributed by atoms with Crippen molar-refractivity contribution in [2.45, 2.75) is 58.6 Å². The number of nitrogens with one attached hydrogen (secondary N) is 1. The summed E-state index contributed by atoms with van der Waals surface area (Å²) in [4.78, 5) is 17.4. The van der Waals surface area contributed by atoms with Crippen molar-refractivity contribution in [3.05, 3.63) is 47.0 Å². The van der Waals surface area contributed by atoms with Gasteiger partial charge < -0.3 is 19.4 Å². The minimum Gasteiger partial charge on any atom is -0.487 e. The van der Waals surface area contributed by atoms with E-state index in [0.717, 1.165) is 35.4 Å². The molecule has 1 fully saturated rings. The van der Waals surface area contributed by atoms with E-state index >= 15 is 0 Å². The van der Waals surface area contributed by atoms with Gasteiger partial charge in [-0.25, -0.2) is 4.98 Å². The Morgan fingerprint density at radius 2 is 2.03 bits per heavy atom. The fraction of sp³-hybridized carbons (Fsp3) is 0.520. The van der Waals surface area contributed by atoms with Gasteiger partial charge in [-0.3, -0.25) is 4.79 Å². The summed E-state index contributed by atoms with van der Waals surface area (Å²) in [6.45, 7) is 9.48. The molecule has 4 rings (SSSR count). The topological polar surface area (TPSA) is 65.4 Å². The van der Waals surface area contributed by atoms with Crippen LogP contribution in [0.4, 0.5) is 0 Å². The zero-order chi connectivity index (χ0) is 22.2. The van der Waals surface area contributed by atoms with E-state index in [-0.39, 0.29) is 23.0 Å². The van der Waals surface area contributed by atoms with Crippen molar-refractivity contribution in [1.82, 2.24) is 14.9 Å². The summed E-state index contributed by atoms with van der Waals surface area (Å²) in [5, 5.41) is 3.26. The Kier molecular flexibility index (Phi) is 5.57. The summed E-state index contributed by atoms with van der Waals surface area (Å²) in [5.74, 6) is 7.26. The van der Waals surface area contributed by atoms with E-state index < -0.39 is 0 Å². The number of aryl methyl sites for hydroxylation is 2. The first-order valence-corrected chi connectivity index (χ1v) is 10.9. The molecule has 1 aromatic carbocycles. The molecule has 1 unspecified atom stereocenters. The Hall–Kier alpha value is -2.78. The van der Waals surface area contributed by atoms with E-state index in [2.05, 4.69) is 49.0 Å². The summed E-state index contributed by atoms with van der Waals surface area (Å²) in [5.41, 5.74) is 2.81. The lowest BCUT2D eigenvalue weighted by molar-refractivity contribution is -0.0639. The standard InChI is InChI=1S/C25H31N3O3/c1-17-22(28(5)16-26-17)23(29)27-20-15-25(10-12-30-13-11-25)31-21-7-6-18(14-19(20)21)8-9-24(2,3)4/h6-7,14,16,20H,10-13,15H2,1-5H3,(H,27,29). The minimum atomic E-state index is -0.316. The average Bonchev–Trinajstić information content (AvgIpc) is 3.05. The number of benzene rings is 1. The molecular formula is C25H31N3O3. The fourth-order valence-corrected chi connectivity index (χ4v) is 4.28. The van der Waals surface area contributed by atoms with E-state index in [1.54, 1.807) is 10.9 Å². The Bertz CT molecular complexity index is 1030. The lowest BCUT2D eigenvalue weighted by atomic mass is 9.81. The van der Waals surface area contributed by atoms with Crippen LogP contribution in [0.5, 0.6) is 5.75 Å². The Morgan fingerprint density at radius 1 is 1.29 bits per heavy atom. The van der Waals surface area contributed by atoms with Gasteiger partial charge in [0.1, 0.15) is 17.0 Å². The van der Waals surface area contributed by atoms with Crippen molar-refractivity contribution in [3.63, 3.8) is 0 Å². The average molecular weight is 422 g/mol. The molecule has 6 nitrogen and oxygen atoms in total. The summed E-state index contributed by atoms with van der Waals surface area (Å²) < 4.78 is 13.9. The zero-order valence-corrected chi connectivity index (χ0v) is 19.0. The van der Waals surface area contributed by atoms with Crippen molar-refractivity contribution in [2.75, 3.05) is 13.2 Å². The molecule has 6 heteroatoms. The van der Waals surface area contributed by atoms with Gasteiger partial charge in [0.25, 0.3) is 5.91 Å². The molecular weight excluding hydrogens is 390 g/mol. The largest absolute Gasteiger partial charge is 0.487 e. The van der Waals surface area contributed by atoms with Gasteiger partial charge in [0.15, 0.2) is 0 Å². The Balaban J connectivity index is 1.70. The highest BCUT2D eigenvalue weighted by molar-refractivity contribution is 5.94. The van der Waals surface area contributed by atoms with E-state index in [1.165, 1.54) is 0 Å². The van der Waals surface area contributed by atoms with Crippen LogP contribution in [-0.2, 0) is 11.8 Å². The third-order valence-electron chi connectivity index (χ3n) is 5.91. The lowest BCUT2D eigenvalue weighted by Crippen LogP contribution is -2.48. The lowest BCUT2D eigenvalue weighted by Gasteiger charge is -2.44. The number of imidazole rings is 1. The number of nitrogens with zero attached hydrogens (tertiary/aromatic N) is 2. The Morgan fingerprint density at radius 3 is 2.68 bits per heavy atom. The van der Waals surface area contributed by atoms with Gasteiger partial charge in [-0.05, 0) is 45.9 Å². The van der Waals surface area contributed by atoms with E-state index in [4.69, 9.17) is 9.47 Å². The number of rotatable bonds is 2. The van der Waals surface area contributed by atoms with Crippen LogP contribution in [0, 0.1) is 24.2 Å². The third kappa shape index (κ3) is 4.62. The minimum absolute atomic E-state index is 0.0801. The number of fused-ring (bicyclic) bond motifs is 1. The summed E-state index contributed by atoms with van der Waals surface area (Å²) in [7, 11) is 1.84. The maximum absolute atomic E-state index is 13.2. The van der Waals surface area contributed by atoms with E-state index in [1.807, 2.05) is 26.1 Å². The number of aromatic nitrogens is 2. The number of amides is 1. The predicted octanol–water partition coefficient (Wildman–Crippen LogP) is 3.93. The van der Waals surface area contributed by atoms with Crippen LogP contribution in [-0.4, -0.2) is 34.3 Å². The van der Waals surface area contributed by atoms with Gasteiger partial charge in [0.2, 0.25) is 0 Å². The molecule has 1 aromatic heterocycles. The SMILES string of the molecule is Cc1ncn(C)c1C(=O)NC1CC2(CCOCC2)Oc2ccc(C#CC(C)(C)C)cc21. The predicted molar refractivity (Wildman–Crippen MR) is 119 cm³/mol. The van der Waals surface area contributed by atoms with Crippen LogP contribution in [0.1, 0.15) is 73.4 Å². The first kappa shape index (κ1) is 21.5. The highest BCUT2D eigenvalue weighted by Crippen LogP contribution is 2.44. The van der Waals surface area contributed by atoms with Crippen molar-refractivity contribution in [1.29, 1.82) is 0 Å². The van der Waals surface area contributed by atoms with Gasteiger partial charge in [-0.2, -0.15) is 0 Å². The van der Waals surface area contributed by atoms with E-state index in [9.17, 15) is 4.79 Å². The van der Waals surface area contributed by atoms with E-state index in [0.29, 0.717) is 25.3 Å². The molecule has 1 N–H and O–H groups in total. The van der Waals surface area contributed by atoms with Crippen LogP contribution in [0.15, 0.2) is 24.5 Å². The number of ether oxygens (including phenoxy) is 2. The number of hydrogen-bond donors (Lipinski definition) is 1. The van der Waals surface area contributed by atoms with Gasteiger partial charge in [0, 0.05) is 42.9 Å². The molecule has 0 aliphatic carbocycles. The zero-order valence-electron chi connectivity index (χ0n) is 19.0. The molecule has 0 saturated carbocycles. The molecule has 3 heterocycles. The molecule has 1 spiro atoms. The van der Waals surface area contributed by atoms with Crippen molar-refractivity contribution < 1.29 is 14.3 Å². The smallest absolute Gasteiger partial charge is 0.270 e. The van der Waals surface area contributed by atoms with Crippen molar-refractivity contribution in [3.8, 4) is 17.6 Å². The quantitative estimate of drug-likeness (QED) is 0.747. The number of hydrogen-bond acceptors (Lipinski definition) is 4. The molecule has 2 aliphatic heterocycles. The summed E-state index contributed by atoms with van der Waals surface area (Å²) in [6, 6.07) is 5.88. The molecule has 0 radical (unpaired) electrons. The monoisotopic (exact) mass is 421 g/mol. The Labute approximate surface area is 184 Å². The van der Waals surface area contributed by atoms with Crippen LogP contribution in [0.2, 0.25) is 0 Å². The highest BCUT2D eigenvalue weighted by Gasteiger charge is 2.43. The second-order valence-electron chi connectivity index (χ2n) is 9.67. The first-order valence-electron chi connectivity index (χ1n) is 10.9. The third-order valence-corrected chi connectivity index (χ3v) is 5.91. The highest BCUT2D eigenvalue weighted by atomic mass is 16.5. The summed E-state index contributed by atoms with van der Waals surface area (Å²) in [6.07, 6.45) is 4.01. The van der Waals surface area contributed by atoms with Gasteiger partial charge in [0.05, 0.1) is 31.3 Å². The van der Waals surface area contributed by atoms with Crippen LogP contribution in [0.25, 0.3) is 0 Å². The van der Waals surface area contributed by atoms with Crippen LogP contribution < -0.4 is 10.1 Å². The number of carbonyl (C=O) groups excluding carboxylic acids is 1. The van der Waals surface area contributed by atoms with Crippen molar-refractivity contribution >= 4 is 5.91 Å². The summed E-state index contributed by atoms with van der Waals surface area (Å²) >= 11 is 0. The normalized spacial score (nSPS) is 19.7. The maximum Gasteiger partial charge on any atom is 0.270 e. The molecule has 1 saturated heterocycles. The maximum atomic E-state index is 13.2. The fourth-order valence-electron chi connectivity index (χ4n) is 4.28. The van der Waals surface area contributed by atoms with Gasteiger partial charge in [-0.1, -0.05) is 11.8 Å². The van der Waals surface area contributed by atoms with Crippen LogP contribution in [0.3, 0.4) is 0 Å². The molecule has 31 heavy (non-hydrogen) atoms. The first-order chi connectivity index (χ1) is 14.7. The molecule has 2 aliphatic rings.